The minimum atomic E-state index is -0.276. The van der Waals surface area contributed by atoms with Crippen molar-refractivity contribution in [2.45, 2.75) is 9.79 Å². The molecule has 100 heavy (non-hydrogen) atoms. The summed E-state index contributed by atoms with van der Waals surface area (Å²) < 4.78 is 12.9. The molecule has 0 saturated carbocycles. The van der Waals surface area contributed by atoms with Crippen LogP contribution in [-0.2, 0) is 0 Å². The number of ether oxygens (including phenoxy) is 1. The molecular formula is C90H58B2N6OS. The molecule has 0 saturated heterocycles. The molecule has 0 radical (unpaired) electrons. The lowest BCUT2D eigenvalue weighted by atomic mass is 9.31. The maximum atomic E-state index is 7.94. The molecule has 0 N–H and O–H groups in total. The van der Waals surface area contributed by atoms with Crippen LogP contribution >= 0.6 is 11.8 Å². The standard InChI is InChI=1S/C90H58B2N6OS/c1-9-29-59(30-10-1)93(60-31-11-2-12-32-60)67-53-80-85-82(55-67)99-90-74(52-50-72-70-46-26-28-48-78(70)97(88(72)90)65-41-21-7-22-42-65)92(85)75-57-76-83(58-79(75)95(80)63-37-17-5-18-38-63)100-84-56-68(94(61-33-13-3-14-34-61)62-35-15-4-16-36-62)54-81-86(84)91(76)73-51-49-71-69-45-25-27-47-77(69)96(64-39-19-6-20-40-64)87(71)89(73)98(81)66-43-23-8-24-44-66/h1-58H. The van der Waals surface area contributed by atoms with E-state index < -0.39 is 0 Å². The molecule has 21 rings (SSSR count). The molecule has 4 aliphatic rings. The van der Waals surface area contributed by atoms with Gasteiger partial charge in [0, 0.05) is 106 Å². The van der Waals surface area contributed by atoms with Crippen LogP contribution in [0.1, 0.15) is 0 Å². The molecule has 6 heterocycles. The summed E-state index contributed by atoms with van der Waals surface area (Å²) in [6, 6.07) is 129. The predicted molar refractivity (Wildman–Crippen MR) is 420 cm³/mol. The van der Waals surface area contributed by atoms with Crippen molar-refractivity contribution in [1.29, 1.82) is 0 Å². The second-order valence-corrected chi connectivity index (χ2v) is 27.4. The third kappa shape index (κ3) is 8.50. The van der Waals surface area contributed by atoms with Crippen LogP contribution in [0, 0.1) is 0 Å². The first-order valence-corrected chi connectivity index (χ1v) is 35.1. The monoisotopic (exact) mass is 1290 g/mol. The van der Waals surface area contributed by atoms with E-state index in [0.29, 0.717) is 0 Å². The Morgan fingerprint density at radius 2 is 0.700 bits per heavy atom. The summed E-state index contributed by atoms with van der Waals surface area (Å²) in [6.45, 7) is -0.493. The Balaban J connectivity index is 0.892. The van der Waals surface area contributed by atoms with Gasteiger partial charge in [-0.2, -0.15) is 0 Å². The summed E-state index contributed by atoms with van der Waals surface area (Å²) >= 11 is 1.90. The van der Waals surface area contributed by atoms with Crippen molar-refractivity contribution < 1.29 is 4.74 Å². The lowest BCUT2D eigenvalue weighted by Crippen LogP contribution is -2.63. The van der Waals surface area contributed by atoms with Crippen LogP contribution in [0.15, 0.2) is 362 Å². The molecule has 10 heteroatoms. The zero-order valence-corrected chi connectivity index (χ0v) is 55.0. The average molecular weight is 1290 g/mol. The molecule has 0 unspecified atom stereocenters. The summed E-state index contributed by atoms with van der Waals surface area (Å²) in [5, 5.41) is 4.72. The molecule has 0 bridgehead atoms. The summed E-state index contributed by atoms with van der Waals surface area (Å²) in [5.41, 5.74) is 26.8. The maximum Gasteiger partial charge on any atom is 0.256 e. The molecule has 4 aliphatic heterocycles. The van der Waals surface area contributed by atoms with Gasteiger partial charge >= 0.3 is 0 Å². The minimum absolute atomic E-state index is 0.217. The quantitative estimate of drug-likeness (QED) is 0.127. The van der Waals surface area contributed by atoms with E-state index in [4.69, 9.17) is 4.74 Å². The van der Waals surface area contributed by atoms with Crippen molar-refractivity contribution in [3.05, 3.63) is 352 Å². The fourth-order valence-electron chi connectivity index (χ4n) is 16.8. The van der Waals surface area contributed by atoms with Gasteiger partial charge in [-0.15, -0.1) is 0 Å². The molecule has 0 spiro atoms. The second-order valence-electron chi connectivity index (χ2n) is 26.3. The highest BCUT2D eigenvalue weighted by atomic mass is 32.2. The molecule has 2 aromatic heterocycles. The molecule has 466 valence electrons. The van der Waals surface area contributed by atoms with Gasteiger partial charge in [-0.05, 0) is 161 Å². The van der Waals surface area contributed by atoms with E-state index in [9.17, 15) is 0 Å². The van der Waals surface area contributed by atoms with Gasteiger partial charge in [0.05, 0.1) is 33.4 Å². The van der Waals surface area contributed by atoms with Crippen molar-refractivity contribution >= 4 is 170 Å². The largest absolute Gasteiger partial charge is 0.456 e. The Labute approximate surface area is 584 Å². The summed E-state index contributed by atoms with van der Waals surface area (Å²) in [6.07, 6.45) is 0. The van der Waals surface area contributed by atoms with Gasteiger partial charge in [-0.1, -0.05) is 230 Å². The fraction of sp³-hybridized carbons (Fsp3) is 0. The third-order valence-electron chi connectivity index (χ3n) is 20.9. The zero-order valence-electron chi connectivity index (χ0n) is 54.1. The number of nitrogens with zero attached hydrogens (tertiary/aromatic N) is 6. The van der Waals surface area contributed by atoms with Crippen molar-refractivity contribution in [3.63, 3.8) is 0 Å². The van der Waals surface area contributed by atoms with Gasteiger partial charge in [0.15, 0.2) is 0 Å². The van der Waals surface area contributed by atoms with Crippen molar-refractivity contribution in [2.75, 3.05) is 19.6 Å². The van der Waals surface area contributed by atoms with Crippen LogP contribution in [0.3, 0.4) is 0 Å². The molecule has 0 aliphatic carbocycles. The Kier molecular flexibility index (Phi) is 12.7. The normalized spacial score (nSPS) is 13.0. The molecule has 0 amide bonds. The van der Waals surface area contributed by atoms with Gasteiger partial charge in [0.2, 0.25) is 6.71 Å². The van der Waals surface area contributed by atoms with Crippen LogP contribution < -0.4 is 57.1 Å². The number of anilines is 12. The van der Waals surface area contributed by atoms with E-state index in [1.807, 2.05) is 11.8 Å². The Morgan fingerprint density at radius 3 is 1.23 bits per heavy atom. The Hall–Kier alpha value is -12.6. The third-order valence-corrected chi connectivity index (χ3v) is 22.0. The van der Waals surface area contributed by atoms with Crippen LogP contribution in [-0.4, -0.2) is 22.6 Å². The molecule has 17 aromatic rings. The highest BCUT2D eigenvalue weighted by Crippen LogP contribution is 2.53. The second kappa shape index (κ2) is 22.5. The van der Waals surface area contributed by atoms with Gasteiger partial charge in [0.1, 0.15) is 11.5 Å². The van der Waals surface area contributed by atoms with Gasteiger partial charge in [-0.3, -0.25) is 0 Å². The highest BCUT2D eigenvalue weighted by molar-refractivity contribution is 8.00. The van der Waals surface area contributed by atoms with Gasteiger partial charge < -0.3 is 33.5 Å². The number of para-hydroxylation sites is 10. The lowest BCUT2D eigenvalue weighted by Gasteiger charge is -2.44. The number of benzene rings is 15. The molecule has 0 fully saturated rings. The molecular weight excluding hydrogens is 1230 g/mol. The summed E-state index contributed by atoms with van der Waals surface area (Å²) in [7, 11) is 0. The number of hydrogen-bond acceptors (Lipinski definition) is 6. The summed E-state index contributed by atoms with van der Waals surface area (Å²) in [5.74, 6) is 1.67. The summed E-state index contributed by atoms with van der Waals surface area (Å²) in [4.78, 5) is 12.4. The van der Waals surface area contributed by atoms with E-state index in [0.717, 1.165) is 130 Å². The Morgan fingerprint density at radius 1 is 0.280 bits per heavy atom. The van der Waals surface area contributed by atoms with E-state index in [1.54, 1.807) is 0 Å². The van der Waals surface area contributed by atoms with E-state index in [-0.39, 0.29) is 13.4 Å². The van der Waals surface area contributed by atoms with Crippen molar-refractivity contribution in [2.24, 2.45) is 0 Å². The number of fused-ring (bicyclic) bond motifs is 16. The van der Waals surface area contributed by atoms with Crippen LogP contribution in [0.4, 0.5) is 68.2 Å². The van der Waals surface area contributed by atoms with Gasteiger partial charge in [-0.25, -0.2) is 0 Å². The lowest BCUT2D eigenvalue weighted by molar-refractivity contribution is 0.491. The first kappa shape index (κ1) is 56.5. The van der Waals surface area contributed by atoms with Gasteiger partial charge in [0.25, 0.3) is 6.71 Å². The van der Waals surface area contributed by atoms with Crippen molar-refractivity contribution in [3.8, 4) is 22.9 Å². The molecule has 7 nitrogen and oxygen atoms in total. The predicted octanol–water partition coefficient (Wildman–Crippen LogP) is 20.0. The maximum absolute atomic E-state index is 7.94. The zero-order chi connectivity index (χ0) is 65.5. The first-order chi connectivity index (χ1) is 49.7. The fourth-order valence-corrected chi connectivity index (χ4v) is 18.1. The van der Waals surface area contributed by atoms with Crippen LogP contribution in [0.25, 0.3) is 55.0 Å². The minimum Gasteiger partial charge on any atom is -0.456 e. The molecule has 15 aromatic carbocycles. The highest BCUT2D eigenvalue weighted by Gasteiger charge is 2.48. The number of aromatic nitrogens is 2. The average Bonchev–Trinajstić information content (AvgIpc) is 1.08. The SMILES string of the molecule is c1ccc(N(c2ccccc2)c2cc3c4c(c2)N(c2ccccc2)c2cc5c(cc2B4c2ccc4c6ccccc6n(-c6ccccc6)c4c2O3)B2c3ccc4c6ccccc6n(-c6ccccc6)c4c3N(c3ccccc3)c3cc(N(c4ccccc4)c4ccccc4)cc(c32)S5)cc1. The topological polar surface area (TPSA) is 32.1 Å². The first-order valence-electron chi connectivity index (χ1n) is 34.3. The van der Waals surface area contributed by atoms with Crippen LogP contribution in [0.5, 0.6) is 11.5 Å². The smallest absolute Gasteiger partial charge is 0.256 e. The number of rotatable bonds is 10. The number of hydrogen-bond donors (Lipinski definition) is 0. The van der Waals surface area contributed by atoms with E-state index >= 15 is 0 Å². The van der Waals surface area contributed by atoms with Crippen molar-refractivity contribution in [1.82, 2.24) is 9.13 Å². The molecule has 0 atom stereocenters. The van der Waals surface area contributed by atoms with Crippen LogP contribution in [0.2, 0.25) is 0 Å². The Bertz CT molecular complexity index is 6040. The van der Waals surface area contributed by atoms with E-state index in [1.165, 1.54) is 47.8 Å². The van der Waals surface area contributed by atoms with E-state index in [2.05, 4.69) is 381 Å².